The molecule has 2 fully saturated rings. The average Bonchev–Trinajstić information content (AvgIpc) is 2.85. The number of hydrogen-bond acceptors (Lipinski definition) is 6. The van der Waals surface area contributed by atoms with Crippen LogP contribution >= 0.6 is 0 Å². The number of aliphatic hydroxyl groups is 1. The average molecular weight is 284 g/mol. The van der Waals surface area contributed by atoms with Crippen molar-refractivity contribution in [1.29, 1.82) is 0 Å². The molecule has 0 aromatic carbocycles. The van der Waals surface area contributed by atoms with Crippen LogP contribution in [0.2, 0.25) is 0 Å². The van der Waals surface area contributed by atoms with Crippen LogP contribution in [-0.4, -0.2) is 52.8 Å². The number of aromatic amines is 1. The highest BCUT2D eigenvalue weighted by molar-refractivity contribution is 5.09. The molecule has 110 valence electrons. The monoisotopic (exact) mass is 284 g/mol. The number of aromatic nitrogens is 2. The minimum Gasteiger partial charge on any atom is -0.387 e. The molecule has 2 bridgehead atoms. The third-order valence-electron chi connectivity index (χ3n) is 3.82. The van der Waals surface area contributed by atoms with Gasteiger partial charge in [-0.1, -0.05) is 0 Å². The van der Waals surface area contributed by atoms with E-state index in [0.29, 0.717) is 5.56 Å². The van der Waals surface area contributed by atoms with E-state index in [1.54, 1.807) is 6.92 Å². The van der Waals surface area contributed by atoms with Gasteiger partial charge in [-0.25, -0.2) is 4.79 Å². The van der Waals surface area contributed by atoms with Crippen molar-refractivity contribution in [1.82, 2.24) is 9.55 Å². The van der Waals surface area contributed by atoms with Crippen LogP contribution < -0.4 is 11.2 Å². The third kappa shape index (κ3) is 1.76. The van der Waals surface area contributed by atoms with Crippen molar-refractivity contribution in [2.75, 3.05) is 20.3 Å². The van der Waals surface area contributed by atoms with Crippen LogP contribution in [0.25, 0.3) is 0 Å². The number of nitrogens with one attached hydrogen (secondary N) is 1. The van der Waals surface area contributed by atoms with E-state index < -0.39 is 35.3 Å². The van der Waals surface area contributed by atoms with E-state index in [2.05, 4.69) is 4.98 Å². The molecular weight excluding hydrogens is 268 g/mol. The van der Waals surface area contributed by atoms with Gasteiger partial charge in [-0.15, -0.1) is 0 Å². The Morgan fingerprint density at radius 2 is 2.35 bits per heavy atom. The zero-order valence-corrected chi connectivity index (χ0v) is 11.2. The highest BCUT2D eigenvalue weighted by Crippen LogP contribution is 2.44. The topological polar surface area (TPSA) is 103 Å². The zero-order valence-electron chi connectivity index (χ0n) is 11.2. The van der Waals surface area contributed by atoms with E-state index in [1.807, 2.05) is 0 Å². The normalized spacial score (nSPS) is 35.6. The molecule has 2 saturated heterocycles. The molecule has 0 amide bonds. The van der Waals surface area contributed by atoms with Gasteiger partial charge in [0.15, 0.2) is 6.23 Å². The second kappa shape index (κ2) is 4.52. The predicted octanol–water partition coefficient (Wildman–Crippen LogP) is -1.48. The smallest absolute Gasteiger partial charge is 0.330 e. The first-order valence-corrected chi connectivity index (χ1v) is 6.27. The zero-order chi connectivity index (χ0) is 14.5. The lowest BCUT2D eigenvalue weighted by Gasteiger charge is -2.30. The van der Waals surface area contributed by atoms with E-state index in [4.69, 9.17) is 14.2 Å². The summed E-state index contributed by atoms with van der Waals surface area (Å²) in [4.78, 5) is 25.5. The molecule has 20 heavy (non-hydrogen) atoms. The predicted molar refractivity (Wildman–Crippen MR) is 66.5 cm³/mol. The van der Waals surface area contributed by atoms with Crippen LogP contribution in [0.3, 0.4) is 0 Å². The number of ether oxygens (including phenoxy) is 3. The first-order valence-electron chi connectivity index (χ1n) is 6.27. The van der Waals surface area contributed by atoms with Gasteiger partial charge in [0.1, 0.15) is 17.8 Å². The van der Waals surface area contributed by atoms with Gasteiger partial charge in [0.05, 0.1) is 13.2 Å². The fourth-order valence-corrected chi connectivity index (χ4v) is 2.76. The largest absolute Gasteiger partial charge is 0.387 e. The molecular formula is C12H16N2O6. The minimum atomic E-state index is -0.965. The van der Waals surface area contributed by atoms with E-state index in [1.165, 1.54) is 17.9 Å². The van der Waals surface area contributed by atoms with Crippen LogP contribution in [0.5, 0.6) is 0 Å². The number of rotatable bonds is 3. The van der Waals surface area contributed by atoms with Gasteiger partial charge in [-0.2, -0.15) is 0 Å². The lowest BCUT2D eigenvalue weighted by atomic mass is 10.0. The van der Waals surface area contributed by atoms with E-state index in [9.17, 15) is 14.7 Å². The molecule has 0 aliphatic carbocycles. The number of aliphatic hydroxyl groups excluding tert-OH is 1. The maximum atomic E-state index is 11.9. The molecule has 2 aliphatic rings. The Morgan fingerprint density at radius 3 is 3.05 bits per heavy atom. The molecule has 2 N–H and O–H groups in total. The molecule has 0 saturated carbocycles. The SMILES string of the molecule is COC[C@@]12CO[C@@H]([C@H](n3cc(C)c(=O)[nH]c3=O)O1)[C@@H]2O. The van der Waals surface area contributed by atoms with Gasteiger partial charge in [-0.3, -0.25) is 14.3 Å². The summed E-state index contributed by atoms with van der Waals surface area (Å²) >= 11 is 0. The fraction of sp³-hybridized carbons (Fsp3) is 0.667. The molecule has 0 spiro atoms. The number of fused-ring (bicyclic) bond motifs is 2. The Hall–Kier alpha value is -1.48. The number of methoxy groups -OCH3 is 1. The summed E-state index contributed by atoms with van der Waals surface area (Å²) in [6.07, 6.45) is -0.917. The second-order valence-electron chi connectivity index (χ2n) is 5.21. The van der Waals surface area contributed by atoms with E-state index in [0.717, 1.165) is 0 Å². The molecule has 3 rings (SSSR count). The standard InChI is InChI=1S/C12H16N2O6/c1-6-3-14(11(17)13-9(6)16)10-7-8(15)12(20-10,4-18-2)5-19-7/h3,7-8,10,15H,4-5H2,1-2H3,(H,13,16,17)/t7-,8+,10-,12+/m1/s1. The first kappa shape index (κ1) is 13.5. The van der Waals surface area contributed by atoms with Crippen LogP contribution in [0, 0.1) is 6.92 Å². The molecule has 8 nitrogen and oxygen atoms in total. The van der Waals surface area contributed by atoms with Gasteiger partial charge < -0.3 is 19.3 Å². The van der Waals surface area contributed by atoms with Gasteiger partial charge in [0.2, 0.25) is 0 Å². The Labute approximate surface area is 113 Å². The summed E-state index contributed by atoms with van der Waals surface area (Å²) in [5.41, 5.74) is -1.62. The summed E-state index contributed by atoms with van der Waals surface area (Å²) in [5, 5.41) is 10.2. The molecule has 3 heterocycles. The van der Waals surface area contributed by atoms with Crippen molar-refractivity contribution >= 4 is 0 Å². The molecule has 8 heteroatoms. The van der Waals surface area contributed by atoms with Gasteiger partial charge in [0.25, 0.3) is 5.56 Å². The van der Waals surface area contributed by atoms with Crippen molar-refractivity contribution in [3.63, 3.8) is 0 Å². The number of H-pyrrole nitrogens is 1. The highest BCUT2D eigenvalue weighted by Gasteiger charge is 2.62. The summed E-state index contributed by atoms with van der Waals surface area (Å²) in [7, 11) is 1.50. The van der Waals surface area contributed by atoms with Crippen molar-refractivity contribution in [2.24, 2.45) is 0 Å². The molecule has 4 atom stereocenters. The Balaban J connectivity index is 2.00. The lowest BCUT2D eigenvalue weighted by Crippen LogP contribution is -2.45. The van der Waals surface area contributed by atoms with Crippen LogP contribution in [0.4, 0.5) is 0 Å². The summed E-state index contributed by atoms with van der Waals surface area (Å²) in [5.74, 6) is 0. The molecule has 1 aromatic rings. The Bertz CT molecular complexity index is 638. The third-order valence-corrected chi connectivity index (χ3v) is 3.82. The van der Waals surface area contributed by atoms with Crippen molar-refractivity contribution < 1.29 is 19.3 Å². The Morgan fingerprint density at radius 1 is 1.60 bits per heavy atom. The summed E-state index contributed by atoms with van der Waals surface area (Å²) in [6, 6.07) is 0. The van der Waals surface area contributed by atoms with E-state index in [-0.39, 0.29) is 13.2 Å². The van der Waals surface area contributed by atoms with Crippen molar-refractivity contribution in [3.8, 4) is 0 Å². The highest BCUT2D eigenvalue weighted by atomic mass is 16.7. The van der Waals surface area contributed by atoms with Crippen molar-refractivity contribution in [3.05, 3.63) is 32.6 Å². The maximum absolute atomic E-state index is 11.9. The first-order chi connectivity index (χ1) is 9.48. The Kier molecular flexibility index (Phi) is 3.05. The lowest BCUT2D eigenvalue weighted by molar-refractivity contribution is -0.191. The van der Waals surface area contributed by atoms with Gasteiger partial charge in [-0.05, 0) is 6.92 Å². The summed E-state index contributed by atoms with van der Waals surface area (Å²) in [6.45, 7) is 1.96. The van der Waals surface area contributed by atoms with Gasteiger partial charge in [0, 0.05) is 18.9 Å². The second-order valence-corrected chi connectivity index (χ2v) is 5.21. The fourth-order valence-electron chi connectivity index (χ4n) is 2.76. The minimum absolute atomic E-state index is 0.165. The van der Waals surface area contributed by atoms with Crippen LogP contribution in [0.15, 0.2) is 15.8 Å². The molecule has 0 radical (unpaired) electrons. The number of hydrogen-bond donors (Lipinski definition) is 2. The van der Waals surface area contributed by atoms with E-state index >= 15 is 0 Å². The van der Waals surface area contributed by atoms with Crippen LogP contribution in [0.1, 0.15) is 11.8 Å². The summed E-state index contributed by atoms with van der Waals surface area (Å²) < 4.78 is 17.6. The van der Waals surface area contributed by atoms with Crippen molar-refractivity contribution in [2.45, 2.75) is 31.0 Å². The quantitative estimate of drug-likeness (QED) is 0.701. The molecule has 1 aromatic heterocycles. The number of nitrogens with zero attached hydrogens (tertiary/aromatic N) is 1. The number of aryl methyl sites for hydroxylation is 1. The molecule has 2 aliphatic heterocycles. The maximum Gasteiger partial charge on any atom is 0.330 e. The van der Waals surface area contributed by atoms with Gasteiger partial charge >= 0.3 is 5.69 Å². The van der Waals surface area contributed by atoms with Crippen LogP contribution in [-0.2, 0) is 14.2 Å². The molecule has 0 unspecified atom stereocenters.